The molecule has 0 radical (unpaired) electrons. The molecule has 1 atom stereocenters. The van der Waals surface area contributed by atoms with E-state index in [1.54, 1.807) is 19.0 Å². The lowest BCUT2D eigenvalue weighted by Crippen LogP contribution is -2.29. The van der Waals surface area contributed by atoms with Gasteiger partial charge in [-0.3, -0.25) is 4.79 Å². The van der Waals surface area contributed by atoms with Crippen molar-refractivity contribution in [3.63, 3.8) is 0 Å². The van der Waals surface area contributed by atoms with E-state index in [1.165, 1.54) is 23.1 Å². The van der Waals surface area contributed by atoms with Crippen LogP contribution in [0.1, 0.15) is 6.92 Å². The van der Waals surface area contributed by atoms with E-state index >= 15 is 0 Å². The summed E-state index contributed by atoms with van der Waals surface area (Å²) in [6, 6.07) is 0. The van der Waals surface area contributed by atoms with Crippen LogP contribution >= 0.6 is 23.1 Å². The van der Waals surface area contributed by atoms with E-state index in [2.05, 4.69) is 10.2 Å². The summed E-state index contributed by atoms with van der Waals surface area (Å²) in [5.74, 6) is 0.0590. The summed E-state index contributed by atoms with van der Waals surface area (Å²) >= 11 is 2.67. The molecule has 2 N–H and O–H groups in total. The largest absolute Gasteiger partial charge is 0.374 e. The van der Waals surface area contributed by atoms with Gasteiger partial charge in [0.2, 0.25) is 11.0 Å². The highest BCUT2D eigenvalue weighted by atomic mass is 32.2. The monoisotopic (exact) mass is 232 g/mol. The zero-order chi connectivity index (χ0) is 10.7. The van der Waals surface area contributed by atoms with Crippen LogP contribution in [0.3, 0.4) is 0 Å². The first-order valence-corrected chi connectivity index (χ1v) is 5.67. The second kappa shape index (κ2) is 4.61. The van der Waals surface area contributed by atoms with E-state index in [9.17, 15) is 4.79 Å². The van der Waals surface area contributed by atoms with Crippen molar-refractivity contribution in [3.05, 3.63) is 0 Å². The third-order valence-electron chi connectivity index (χ3n) is 1.49. The maximum absolute atomic E-state index is 11.5. The van der Waals surface area contributed by atoms with Gasteiger partial charge in [-0.25, -0.2) is 0 Å². The summed E-state index contributed by atoms with van der Waals surface area (Å²) < 4.78 is 0.727. The molecule has 0 bridgehead atoms. The Morgan fingerprint density at radius 2 is 2.21 bits per heavy atom. The fraction of sp³-hybridized carbons (Fsp3) is 0.571. The number of amides is 1. The van der Waals surface area contributed by atoms with E-state index in [1.807, 2.05) is 6.92 Å². The molecule has 0 aromatic carbocycles. The molecule has 0 aliphatic heterocycles. The van der Waals surface area contributed by atoms with Crippen LogP contribution in [0.25, 0.3) is 0 Å². The Hall–Kier alpha value is -0.820. The van der Waals surface area contributed by atoms with Crippen LogP contribution in [0, 0.1) is 0 Å². The number of nitrogens with two attached hydrogens (primary N) is 1. The lowest BCUT2D eigenvalue weighted by atomic mass is 10.4. The number of rotatable bonds is 3. The average Bonchev–Trinajstić information content (AvgIpc) is 2.49. The van der Waals surface area contributed by atoms with E-state index in [4.69, 9.17) is 5.73 Å². The maximum atomic E-state index is 11.5. The molecule has 78 valence electrons. The number of hydrogen-bond donors (Lipinski definition) is 1. The second-order valence-corrected chi connectivity index (χ2v) is 5.50. The fourth-order valence-corrected chi connectivity index (χ4v) is 2.76. The third-order valence-corrected chi connectivity index (χ3v) is 3.41. The van der Waals surface area contributed by atoms with Gasteiger partial charge in [-0.1, -0.05) is 23.1 Å². The number of thioether (sulfide) groups is 1. The first-order chi connectivity index (χ1) is 6.50. The number of anilines is 1. The first kappa shape index (κ1) is 11.3. The summed E-state index contributed by atoms with van der Waals surface area (Å²) in [4.78, 5) is 13.0. The molecule has 1 amide bonds. The third kappa shape index (κ3) is 2.85. The molecule has 0 spiro atoms. The van der Waals surface area contributed by atoms with Crippen molar-refractivity contribution in [3.8, 4) is 0 Å². The highest BCUT2D eigenvalue weighted by molar-refractivity contribution is 8.02. The lowest BCUT2D eigenvalue weighted by Gasteiger charge is -2.14. The highest BCUT2D eigenvalue weighted by Gasteiger charge is 2.17. The Kier molecular flexibility index (Phi) is 3.70. The van der Waals surface area contributed by atoms with Gasteiger partial charge >= 0.3 is 0 Å². The topological polar surface area (TPSA) is 72.1 Å². The maximum Gasteiger partial charge on any atom is 0.235 e. The molecule has 14 heavy (non-hydrogen) atoms. The van der Waals surface area contributed by atoms with Crippen LogP contribution in [0.4, 0.5) is 5.13 Å². The summed E-state index contributed by atoms with van der Waals surface area (Å²) in [5.41, 5.74) is 5.43. The van der Waals surface area contributed by atoms with Crippen molar-refractivity contribution in [2.45, 2.75) is 16.5 Å². The van der Waals surface area contributed by atoms with Crippen LogP contribution in [-0.4, -0.2) is 40.3 Å². The summed E-state index contributed by atoms with van der Waals surface area (Å²) in [6.45, 7) is 1.84. The minimum atomic E-state index is -0.155. The number of carbonyl (C=O) groups is 1. The Balaban J connectivity index is 2.57. The summed E-state index contributed by atoms with van der Waals surface area (Å²) in [5, 5.41) is 7.78. The highest BCUT2D eigenvalue weighted by Crippen LogP contribution is 2.27. The standard InChI is InChI=1S/C7H12N4OS2/c1-4(5(12)11(2)3)13-7-10-9-6(8)14-7/h4H,1-3H3,(H2,8,9)/t4-/m0/s1. The van der Waals surface area contributed by atoms with Gasteiger partial charge in [-0.05, 0) is 6.92 Å². The number of nitrogen functional groups attached to an aromatic ring is 1. The van der Waals surface area contributed by atoms with Gasteiger partial charge in [0.25, 0.3) is 0 Å². The number of hydrogen-bond acceptors (Lipinski definition) is 6. The molecule has 0 saturated carbocycles. The zero-order valence-corrected chi connectivity index (χ0v) is 9.85. The van der Waals surface area contributed by atoms with Crippen LogP contribution in [0.15, 0.2) is 4.34 Å². The quantitative estimate of drug-likeness (QED) is 0.776. The van der Waals surface area contributed by atoms with Gasteiger partial charge in [0.1, 0.15) is 0 Å². The molecule has 7 heteroatoms. The minimum Gasteiger partial charge on any atom is -0.374 e. The van der Waals surface area contributed by atoms with E-state index in [0.717, 1.165) is 4.34 Å². The Morgan fingerprint density at radius 1 is 1.57 bits per heavy atom. The molecule has 0 unspecified atom stereocenters. The van der Waals surface area contributed by atoms with Crippen molar-refractivity contribution >= 4 is 34.1 Å². The van der Waals surface area contributed by atoms with Crippen molar-refractivity contribution in [1.82, 2.24) is 15.1 Å². The smallest absolute Gasteiger partial charge is 0.235 e. The molecule has 5 nitrogen and oxygen atoms in total. The molecular formula is C7H12N4OS2. The van der Waals surface area contributed by atoms with Crippen molar-refractivity contribution < 1.29 is 4.79 Å². The van der Waals surface area contributed by atoms with Gasteiger partial charge in [0.05, 0.1) is 5.25 Å². The molecule has 0 aliphatic rings. The second-order valence-electron chi connectivity index (χ2n) is 2.90. The number of nitrogens with zero attached hydrogens (tertiary/aromatic N) is 3. The van der Waals surface area contributed by atoms with Crippen molar-refractivity contribution in [2.24, 2.45) is 0 Å². The predicted octanol–water partition coefficient (Wildman–Crippen LogP) is 0.689. The Morgan fingerprint density at radius 3 is 2.64 bits per heavy atom. The van der Waals surface area contributed by atoms with Crippen molar-refractivity contribution in [2.75, 3.05) is 19.8 Å². The summed E-state index contributed by atoms with van der Waals surface area (Å²) in [6.07, 6.45) is 0. The first-order valence-electron chi connectivity index (χ1n) is 3.97. The van der Waals surface area contributed by atoms with Crippen LogP contribution in [0.2, 0.25) is 0 Å². The molecule has 1 aromatic heterocycles. The summed E-state index contributed by atoms with van der Waals surface area (Å²) in [7, 11) is 3.46. The van der Waals surface area contributed by atoms with Gasteiger partial charge in [0, 0.05) is 14.1 Å². The van der Waals surface area contributed by atoms with Gasteiger partial charge < -0.3 is 10.6 Å². The molecule has 0 aliphatic carbocycles. The minimum absolute atomic E-state index is 0.0590. The van der Waals surface area contributed by atoms with Gasteiger partial charge in [-0.15, -0.1) is 10.2 Å². The predicted molar refractivity (Wildman–Crippen MR) is 58.3 cm³/mol. The zero-order valence-electron chi connectivity index (χ0n) is 8.22. The molecular weight excluding hydrogens is 220 g/mol. The Labute approximate surface area is 90.7 Å². The molecule has 1 heterocycles. The van der Waals surface area contributed by atoms with E-state index < -0.39 is 0 Å². The molecule has 1 rings (SSSR count). The molecule has 0 saturated heterocycles. The van der Waals surface area contributed by atoms with Crippen LogP contribution < -0.4 is 5.73 Å². The molecule has 1 aromatic rings. The number of carbonyl (C=O) groups excluding carboxylic acids is 1. The van der Waals surface area contributed by atoms with Gasteiger partial charge in [0.15, 0.2) is 4.34 Å². The van der Waals surface area contributed by atoms with E-state index in [0.29, 0.717) is 5.13 Å². The SMILES string of the molecule is C[C@H](Sc1nnc(N)s1)C(=O)N(C)C. The Bertz CT molecular complexity index is 325. The fourth-order valence-electron chi connectivity index (χ4n) is 0.833. The number of aromatic nitrogens is 2. The van der Waals surface area contributed by atoms with Gasteiger partial charge in [-0.2, -0.15) is 0 Å². The van der Waals surface area contributed by atoms with Crippen LogP contribution in [0.5, 0.6) is 0 Å². The average molecular weight is 232 g/mol. The van der Waals surface area contributed by atoms with Crippen LogP contribution in [-0.2, 0) is 4.79 Å². The van der Waals surface area contributed by atoms with Crippen molar-refractivity contribution in [1.29, 1.82) is 0 Å². The lowest BCUT2D eigenvalue weighted by molar-refractivity contribution is -0.127. The van der Waals surface area contributed by atoms with E-state index in [-0.39, 0.29) is 11.2 Å². The normalized spacial score (nSPS) is 12.5. The molecule has 0 fully saturated rings.